The van der Waals surface area contributed by atoms with Crippen LogP contribution in [0.2, 0.25) is 0 Å². The Bertz CT molecular complexity index is 389. The van der Waals surface area contributed by atoms with Crippen LogP contribution in [0.15, 0.2) is 12.2 Å². The summed E-state index contributed by atoms with van der Waals surface area (Å²) in [7, 11) is 0. The highest BCUT2D eigenvalue weighted by Crippen LogP contribution is 2.43. The molecule has 1 heteroatoms. The highest BCUT2D eigenvalue weighted by atomic mass is 14.4. The highest BCUT2D eigenvalue weighted by molar-refractivity contribution is 5.01. The molecule has 0 aromatic rings. The smallest absolute Gasteiger partial charge is 0.0908 e. The van der Waals surface area contributed by atoms with Crippen LogP contribution in [-0.2, 0) is 0 Å². The highest BCUT2D eigenvalue weighted by Gasteiger charge is 2.30. The number of nitriles is 1. The molecule has 0 aromatic heterocycles. The van der Waals surface area contributed by atoms with Crippen molar-refractivity contribution < 1.29 is 0 Å². The van der Waals surface area contributed by atoms with Crippen molar-refractivity contribution in [2.45, 2.75) is 110 Å². The minimum Gasteiger partial charge on any atom is -0.193 e. The van der Waals surface area contributed by atoms with Gasteiger partial charge in [0.1, 0.15) is 0 Å². The van der Waals surface area contributed by atoms with E-state index in [1.165, 1.54) is 96.3 Å². The molecule has 0 aliphatic heterocycles. The van der Waals surface area contributed by atoms with Gasteiger partial charge in [0, 0.05) is 6.08 Å². The standard InChI is InChI=1S/C24H41N/c1-2-3-4-5-7-10-21-12-16-23(17-13-21)24-18-14-22(15-19-24)11-8-6-9-20-25/h6,9,21-24H,2-5,7-8,10-19H2,1H3/t21-,22?,23-,24?. The molecule has 2 saturated carbocycles. The summed E-state index contributed by atoms with van der Waals surface area (Å²) in [6, 6.07) is 2.10. The third-order valence-electron chi connectivity index (χ3n) is 7.10. The second-order valence-electron chi connectivity index (χ2n) is 8.87. The second-order valence-corrected chi connectivity index (χ2v) is 8.87. The Morgan fingerprint density at radius 2 is 1.32 bits per heavy atom. The molecule has 0 spiro atoms. The van der Waals surface area contributed by atoms with Crippen LogP contribution in [0.25, 0.3) is 0 Å². The normalized spacial score (nSPS) is 30.4. The van der Waals surface area contributed by atoms with E-state index in [4.69, 9.17) is 5.26 Å². The zero-order valence-electron chi connectivity index (χ0n) is 16.7. The molecular formula is C24H41N. The van der Waals surface area contributed by atoms with E-state index in [1.807, 2.05) is 0 Å². The van der Waals surface area contributed by atoms with Gasteiger partial charge < -0.3 is 0 Å². The summed E-state index contributed by atoms with van der Waals surface area (Å²) in [6.07, 6.45) is 26.8. The predicted molar refractivity (Wildman–Crippen MR) is 108 cm³/mol. The van der Waals surface area contributed by atoms with Crippen molar-refractivity contribution in [3.05, 3.63) is 12.2 Å². The lowest BCUT2D eigenvalue weighted by Crippen LogP contribution is -2.25. The lowest BCUT2D eigenvalue weighted by Gasteiger charge is -2.38. The minimum absolute atomic E-state index is 0.930. The first-order valence-corrected chi connectivity index (χ1v) is 11.4. The SMILES string of the molecule is CCCCCCC[C@H]1CC[C@H](C2CCC(CCC=CC#N)CC2)CC1. The van der Waals surface area contributed by atoms with Crippen LogP contribution in [0.3, 0.4) is 0 Å². The van der Waals surface area contributed by atoms with Crippen molar-refractivity contribution in [3.8, 4) is 6.07 Å². The number of unbranched alkanes of at least 4 members (excludes halogenated alkanes) is 4. The Labute approximate surface area is 157 Å². The van der Waals surface area contributed by atoms with Crippen LogP contribution in [0.1, 0.15) is 110 Å². The van der Waals surface area contributed by atoms with Gasteiger partial charge in [-0.25, -0.2) is 0 Å². The molecule has 0 heterocycles. The molecule has 0 radical (unpaired) electrons. The third-order valence-corrected chi connectivity index (χ3v) is 7.10. The summed E-state index contributed by atoms with van der Waals surface area (Å²) in [5.41, 5.74) is 0. The fourth-order valence-corrected chi connectivity index (χ4v) is 5.40. The van der Waals surface area contributed by atoms with E-state index in [1.54, 1.807) is 6.08 Å². The van der Waals surface area contributed by atoms with Gasteiger partial charge in [-0.15, -0.1) is 0 Å². The zero-order chi connectivity index (χ0) is 17.7. The van der Waals surface area contributed by atoms with Gasteiger partial charge in [-0.3, -0.25) is 0 Å². The molecular weight excluding hydrogens is 302 g/mol. The summed E-state index contributed by atoms with van der Waals surface area (Å²) >= 11 is 0. The fraction of sp³-hybridized carbons (Fsp3) is 0.875. The van der Waals surface area contributed by atoms with Crippen LogP contribution in [-0.4, -0.2) is 0 Å². The lowest BCUT2D eigenvalue weighted by atomic mass is 9.68. The maximum atomic E-state index is 8.55. The first-order chi connectivity index (χ1) is 12.3. The molecule has 142 valence electrons. The Balaban J connectivity index is 1.54. The number of hydrogen-bond acceptors (Lipinski definition) is 1. The maximum absolute atomic E-state index is 8.55. The quantitative estimate of drug-likeness (QED) is 0.293. The van der Waals surface area contributed by atoms with Gasteiger partial charge in [0.2, 0.25) is 0 Å². The first kappa shape index (κ1) is 20.5. The molecule has 0 aromatic carbocycles. The molecule has 0 atom stereocenters. The second kappa shape index (κ2) is 12.6. The molecule has 0 unspecified atom stereocenters. The summed E-state index contributed by atoms with van der Waals surface area (Å²) in [5.74, 6) is 4.08. The Hall–Kier alpha value is -0.770. The predicted octanol–water partition coefficient (Wildman–Crippen LogP) is 7.82. The molecule has 25 heavy (non-hydrogen) atoms. The molecule has 1 nitrogen and oxygen atoms in total. The average molecular weight is 344 g/mol. The number of hydrogen-bond donors (Lipinski definition) is 0. The summed E-state index contributed by atoms with van der Waals surface area (Å²) in [6.45, 7) is 2.31. The molecule has 2 aliphatic rings. The van der Waals surface area contributed by atoms with Gasteiger partial charge in [-0.2, -0.15) is 5.26 Å². The molecule has 2 rings (SSSR count). The van der Waals surface area contributed by atoms with Crippen LogP contribution in [0.4, 0.5) is 0 Å². The topological polar surface area (TPSA) is 23.8 Å². The average Bonchev–Trinajstić information content (AvgIpc) is 2.66. The number of allylic oxidation sites excluding steroid dienone is 2. The molecule has 0 saturated heterocycles. The van der Waals surface area contributed by atoms with Crippen LogP contribution in [0, 0.1) is 35.0 Å². The van der Waals surface area contributed by atoms with Gasteiger partial charge >= 0.3 is 0 Å². The molecule has 0 amide bonds. The van der Waals surface area contributed by atoms with Crippen molar-refractivity contribution in [3.63, 3.8) is 0 Å². The van der Waals surface area contributed by atoms with E-state index >= 15 is 0 Å². The van der Waals surface area contributed by atoms with E-state index in [0.29, 0.717) is 0 Å². The van der Waals surface area contributed by atoms with Crippen molar-refractivity contribution in [2.75, 3.05) is 0 Å². The monoisotopic (exact) mass is 343 g/mol. The summed E-state index contributed by atoms with van der Waals surface area (Å²) < 4.78 is 0. The maximum Gasteiger partial charge on any atom is 0.0908 e. The van der Waals surface area contributed by atoms with Crippen LogP contribution in [0.5, 0.6) is 0 Å². The van der Waals surface area contributed by atoms with Gasteiger partial charge in [-0.1, -0.05) is 77.2 Å². The van der Waals surface area contributed by atoms with Gasteiger partial charge in [-0.05, 0) is 62.2 Å². The van der Waals surface area contributed by atoms with Gasteiger partial charge in [0.05, 0.1) is 6.07 Å². The van der Waals surface area contributed by atoms with Crippen molar-refractivity contribution in [1.82, 2.24) is 0 Å². The van der Waals surface area contributed by atoms with Crippen molar-refractivity contribution in [2.24, 2.45) is 23.7 Å². The van der Waals surface area contributed by atoms with Crippen molar-refractivity contribution >= 4 is 0 Å². The zero-order valence-corrected chi connectivity index (χ0v) is 16.7. The van der Waals surface area contributed by atoms with Gasteiger partial charge in [0.15, 0.2) is 0 Å². The fourth-order valence-electron chi connectivity index (χ4n) is 5.40. The van der Waals surface area contributed by atoms with Crippen LogP contribution < -0.4 is 0 Å². The molecule has 2 fully saturated rings. The number of rotatable bonds is 10. The van der Waals surface area contributed by atoms with Crippen molar-refractivity contribution in [1.29, 1.82) is 5.26 Å². The Kier molecular flexibility index (Phi) is 10.3. The van der Waals surface area contributed by atoms with Gasteiger partial charge in [0.25, 0.3) is 0 Å². The van der Waals surface area contributed by atoms with E-state index in [-0.39, 0.29) is 0 Å². The minimum atomic E-state index is 0.930. The van der Waals surface area contributed by atoms with Crippen LogP contribution >= 0.6 is 0 Å². The molecule has 2 aliphatic carbocycles. The Morgan fingerprint density at radius 3 is 1.88 bits per heavy atom. The van der Waals surface area contributed by atoms with E-state index in [9.17, 15) is 0 Å². The summed E-state index contributed by atoms with van der Waals surface area (Å²) in [4.78, 5) is 0. The summed E-state index contributed by atoms with van der Waals surface area (Å²) in [5, 5.41) is 8.55. The lowest BCUT2D eigenvalue weighted by molar-refractivity contribution is 0.140. The molecule has 0 N–H and O–H groups in total. The van der Waals surface area contributed by atoms with E-state index in [2.05, 4.69) is 19.1 Å². The first-order valence-electron chi connectivity index (χ1n) is 11.4. The third kappa shape index (κ3) is 7.98. The number of nitrogens with zero attached hydrogens (tertiary/aromatic N) is 1. The largest absolute Gasteiger partial charge is 0.193 e. The Morgan fingerprint density at radius 1 is 0.760 bits per heavy atom. The van der Waals surface area contributed by atoms with E-state index < -0.39 is 0 Å². The molecule has 0 bridgehead atoms. The van der Waals surface area contributed by atoms with E-state index in [0.717, 1.165) is 30.1 Å².